The van der Waals surface area contributed by atoms with E-state index in [-0.39, 0.29) is 17.7 Å². The molecule has 1 fully saturated rings. The largest absolute Gasteiger partial charge is 0.337 e. The topological polar surface area (TPSA) is 62.3 Å². The van der Waals surface area contributed by atoms with Gasteiger partial charge in [-0.2, -0.15) is 0 Å². The van der Waals surface area contributed by atoms with Gasteiger partial charge in [-0.1, -0.05) is 12.1 Å². The van der Waals surface area contributed by atoms with Crippen molar-refractivity contribution in [3.8, 4) is 0 Å². The molecule has 0 aromatic carbocycles. The molecule has 1 N–H and O–H groups in total. The van der Waals surface area contributed by atoms with Crippen LogP contribution < -0.4 is 5.32 Å². The molecule has 114 valence electrons. The van der Waals surface area contributed by atoms with Crippen molar-refractivity contribution in [2.24, 2.45) is 5.92 Å². The lowest BCUT2D eigenvalue weighted by Crippen LogP contribution is -2.43. The van der Waals surface area contributed by atoms with E-state index in [4.69, 9.17) is 0 Å². The van der Waals surface area contributed by atoms with Crippen LogP contribution >= 0.6 is 11.3 Å². The summed E-state index contributed by atoms with van der Waals surface area (Å²) in [6, 6.07) is 9.08. The smallest absolute Gasteiger partial charge is 0.263 e. The number of hydrogen-bond donors (Lipinski definition) is 1. The molecule has 22 heavy (non-hydrogen) atoms. The van der Waals surface area contributed by atoms with E-state index in [0.717, 1.165) is 17.7 Å². The predicted octanol–water partition coefficient (Wildman–Crippen LogP) is 2.63. The minimum absolute atomic E-state index is 0.0188. The number of hydrogen-bond acceptors (Lipinski definition) is 4. The van der Waals surface area contributed by atoms with Gasteiger partial charge in [0.2, 0.25) is 5.91 Å². The van der Waals surface area contributed by atoms with Crippen molar-refractivity contribution in [3.63, 3.8) is 0 Å². The van der Waals surface area contributed by atoms with Gasteiger partial charge in [0.1, 0.15) is 5.82 Å². The number of carbonyl (C=O) groups is 2. The average molecular weight is 315 g/mol. The van der Waals surface area contributed by atoms with Crippen LogP contribution in [0.25, 0.3) is 0 Å². The van der Waals surface area contributed by atoms with Gasteiger partial charge in [0.15, 0.2) is 0 Å². The van der Waals surface area contributed by atoms with Crippen LogP contribution in [-0.2, 0) is 4.79 Å². The van der Waals surface area contributed by atoms with Crippen LogP contribution in [0.5, 0.6) is 0 Å². The van der Waals surface area contributed by atoms with E-state index < -0.39 is 0 Å². The second-order valence-corrected chi connectivity index (χ2v) is 6.22. The molecule has 1 aliphatic heterocycles. The van der Waals surface area contributed by atoms with Crippen LogP contribution in [0.4, 0.5) is 5.82 Å². The van der Waals surface area contributed by atoms with Crippen LogP contribution in [0, 0.1) is 5.92 Å². The number of pyridine rings is 1. The van der Waals surface area contributed by atoms with Crippen molar-refractivity contribution < 1.29 is 9.59 Å². The van der Waals surface area contributed by atoms with Crippen LogP contribution in [0.3, 0.4) is 0 Å². The van der Waals surface area contributed by atoms with Gasteiger partial charge < -0.3 is 10.2 Å². The Morgan fingerprint density at radius 3 is 2.91 bits per heavy atom. The van der Waals surface area contributed by atoms with Crippen LogP contribution in [-0.4, -0.2) is 34.8 Å². The Bertz CT molecular complexity index is 643. The summed E-state index contributed by atoms with van der Waals surface area (Å²) in [5, 5.41) is 4.71. The summed E-state index contributed by atoms with van der Waals surface area (Å²) in [5.74, 6) is 0.321. The van der Waals surface area contributed by atoms with Crippen LogP contribution in [0.2, 0.25) is 0 Å². The molecule has 0 saturated carbocycles. The fourth-order valence-corrected chi connectivity index (χ4v) is 3.29. The molecular formula is C16H17N3O2S. The summed E-state index contributed by atoms with van der Waals surface area (Å²) in [4.78, 5) is 31.3. The Hall–Kier alpha value is -2.21. The SMILES string of the molecule is O=C(Nc1ccccn1)[C@H]1CCCN(C(=O)c2cccs2)C1. The molecular weight excluding hydrogens is 298 g/mol. The van der Waals surface area contributed by atoms with Gasteiger partial charge in [-0.15, -0.1) is 11.3 Å². The van der Waals surface area contributed by atoms with Crippen molar-refractivity contribution in [1.82, 2.24) is 9.88 Å². The highest BCUT2D eigenvalue weighted by Crippen LogP contribution is 2.21. The first-order valence-electron chi connectivity index (χ1n) is 7.29. The fourth-order valence-electron chi connectivity index (χ4n) is 2.60. The van der Waals surface area contributed by atoms with E-state index in [9.17, 15) is 9.59 Å². The van der Waals surface area contributed by atoms with E-state index in [1.807, 2.05) is 23.6 Å². The summed E-state index contributed by atoms with van der Waals surface area (Å²) >= 11 is 1.44. The maximum atomic E-state index is 12.4. The lowest BCUT2D eigenvalue weighted by molar-refractivity contribution is -0.121. The summed E-state index contributed by atoms with van der Waals surface area (Å²) < 4.78 is 0. The molecule has 1 atom stereocenters. The van der Waals surface area contributed by atoms with Gasteiger partial charge in [0, 0.05) is 19.3 Å². The molecule has 6 heteroatoms. The van der Waals surface area contributed by atoms with Crippen molar-refractivity contribution in [1.29, 1.82) is 0 Å². The first kappa shape index (κ1) is 14.7. The Labute approximate surface area is 133 Å². The zero-order valence-corrected chi connectivity index (χ0v) is 12.9. The number of thiophene rings is 1. The monoisotopic (exact) mass is 315 g/mol. The van der Waals surface area contributed by atoms with Crippen molar-refractivity contribution >= 4 is 29.0 Å². The summed E-state index contributed by atoms with van der Waals surface area (Å²) in [7, 11) is 0. The highest BCUT2D eigenvalue weighted by Gasteiger charge is 2.29. The number of rotatable bonds is 3. The van der Waals surface area contributed by atoms with Crippen LogP contribution in [0.1, 0.15) is 22.5 Å². The van der Waals surface area contributed by atoms with Gasteiger partial charge in [-0.05, 0) is 36.4 Å². The summed E-state index contributed by atoms with van der Waals surface area (Å²) in [6.07, 6.45) is 3.29. The normalized spacial score (nSPS) is 18.0. The second kappa shape index (κ2) is 6.70. The van der Waals surface area contributed by atoms with Crippen molar-refractivity contribution in [3.05, 3.63) is 46.8 Å². The summed E-state index contributed by atoms with van der Waals surface area (Å²) in [6.45, 7) is 1.18. The number of anilines is 1. The number of aromatic nitrogens is 1. The number of likely N-dealkylation sites (tertiary alicyclic amines) is 1. The van der Waals surface area contributed by atoms with Gasteiger partial charge in [0.05, 0.1) is 10.8 Å². The first-order chi connectivity index (χ1) is 10.7. The predicted molar refractivity (Wildman–Crippen MR) is 85.8 cm³/mol. The minimum Gasteiger partial charge on any atom is -0.337 e. The lowest BCUT2D eigenvalue weighted by Gasteiger charge is -2.31. The molecule has 0 unspecified atom stereocenters. The third-order valence-corrected chi connectivity index (χ3v) is 4.59. The van der Waals surface area contributed by atoms with Crippen molar-refractivity contribution in [2.45, 2.75) is 12.8 Å². The molecule has 0 spiro atoms. The zero-order chi connectivity index (χ0) is 15.4. The van der Waals surface area contributed by atoms with Gasteiger partial charge in [0.25, 0.3) is 5.91 Å². The molecule has 3 heterocycles. The Kier molecular flexibility index (Phi) is 4.48. The quantitative estimate of drug-likeness (QED) is 0.947. The molecule has 2 aromatic rings. The van der Waals surface area contributed by atoms with E-state index in [2.05, 4.69) is 10.3 Å². The van der Waals surface area contributed by atoms with Gasteiger partial charge in [-0.3, -0.25) is 9.59 Å². The van der Waals surface area contributed by atoms with E-state index >= 15 is 0 Å². The molecule has 5 nitrogen and oxygen atoms in total. The standard InChI is InChI=1S/C16H17N3O2S/c20-15(18-14-7-1-2-8-17-14)12-5-3-9-19(11-12)16(21)13-6-4-10-22-13/h1-2,4,6-8,10,12H,3,5,9,11H2,(H,17,18,20)/t12-/m0/s1. The highest BCUT2D eigenvalue weighted by molar-refractivity contribution is 7.12. The number of amides is 2. The number of piperidine rings is 1. The maximum absolute atomic E-state index is 12.4. The van der Waals surface area contributed by atoms with E-state index in [1.54, 1.807) is 23.2 Å². The fraction of sp³-hybridized carbons (Fsp3) is 0.312. The Morgan fingerprint density at radius 2 is 2.18 bits per heavy atom. The molecule has 1 saturated heterocycles. The molecule has 0 aliphatic carbocycles. The number of nitrogens with zero attached hydrogens (tertiary/aromatic N) is 2. The lowest BCUT2D eigenvalue weighted by atomic mass is 9.97. The van der Waals surface area contributed by atoms with Crippen LogP contribution in [0.15, 0.2) is 41.9 Å². The number of carbonyl (C=O) groups excluding carboxylic acids is 2. The third-order valence-electron chi connectivity index (χ3n) is 3.73. The first-order valence-corrected chi connectivity index (χ1v) is 8.16. The maximum Gasteiger partial charge on any atom is 0.263 e. The zero-order valence-electron chi connectivity index (χ0n) is 12.1. The molecule has 0 radical (unpaired) electrons. The summed E-state index contributed by atoms with van der Waals surface area (Å²) in [5.41, 5.74) is 0. The Morgan fingerprint density at radius 1 is 1.27 bits per heavy atom. The average Bonchev–Trinajstić information content (AvgIpc) is 3.09. The highest BCUT2D eigenvalue weighted by atomic mass is 32.1. The molecule has 1 aliphatic rings. The van der Waals surface area contributed by atoms with E-state index in [1.165, 1.54) is 11.3 Å². The molecule has 2 amide bonds. The molecule has 0 bridgehead atoms. The van der Waals surface area contributed by atoms with Crippen molar-refractivity contribution in [2.75, 3.05) is 18.4 Å². The minimum atomic E-state index is -0.181. The molecule has 3 rings (SSSR count). The molecule has 2 aromatic heterocycles. The van der Waals surface area contributed by atoms with E-state index in [0.29, 0.717) is 18.9 Å². The van der Waals surface area contributed by atoms with Gasteiger partial charge >= 0.3 is 0 Å². The second-order valence-electron chi connectivity index (χ2n) is 5.27. The third kappa shape index (κ3) is 3.33. The Balaban J connectivity index is 1.63. The number of nitrogens with one attached hydrogen (secondary N) is 1. The van der Waals surface area contributed by atoms with Gasteiger partial charge in [-0.25, -0.2) is 4.98 Å².